The van der Waals surface area contributed by atoms with Crippen LogP contribution in [0.4, 0.5) is 5.00 Å². The molecule has 2 aromatic carbocycles. The number of ether oxygens (including phenoxy) is 2. The minimum Gasteiger partial charge on any atom is -0.493 e. The molecule has 1 amide bonds. The molecule has 0 radical (unpaired) electrons. The summed E-state index contributed by atoms with van der Waals surface area (Å²) < 4.78 is 10.9. The van der Waals surface area contributed by atoms with Gasteiger partial charge in [0.15, 0.2) is 11.5 Å². The van der Waals surface area contributed by atoms with Gasteiger partial charge in [-0.1, -0.05) is 36.4 Å². The van der Waals surface area contributed by atoms with Gasteiger partial charge in [0.05, 0.1) is 19.8 Å². The Balaban J connectivity index is 1.60. The lowest BCUT2D eigenvalue weighted by atomic mass is 9.94. The second kappa shape index (κ2) is 8.27. The molecule has 2 aliphatic rings. The number of hydrogen-bond acceptors (Lipinski definition) is 5. The molecule has 160 valence electrons. The zero-order valence-corrected chi connectivity index (χ0v) is 18.6. The number of carbonyl (C=O) groups excluding carboxylic acids is 1. The van der Waals surface area contributed by atoms with Crippen LogP contribution in [0.5, 0.6) is 11.5 Å². The maximum Gasteiger partial charge on any atom is 0.256 e. The molecule has 1 aliphatic heterocycles. The molecular weight excluding hydrogens is 408 g/mol. The summed E-state index contributed by atoms with van der Waals surface area (Å²) in [6, 6.07) is 16.2. The SMILES string of the molecule is COc1ccc(CN2c3sc4c(c3C(=O)N[C@@H]2c2ccccc2)CCCC4)cc1OC. The number of anilines is 1. The Morgan fingerprint density at radius 2 is 1.81 bits per heavy atom. The smallest absolute Gasteiger partial charge is 0.256 e. The van der Waals surface area contributed by atoms with Crippen LogP contribution in [0.1, 0.15) is 50.9 Å². The van der Waals surface area contributed by atoms with E-state index in [1.54, 1.807) is 25.6 Å². The molecule has 3 aromatic rings. The summed E-state index contributed by atoms with van der Waals surface area (Å²) >= 11 is 1.79. The Morgan fingerprint density at radius 1 is 1.03 bits per heavy atom. The highest BCUT2D eigenvalue weighted by Gasteiger charge is 2.37. The minimum atomic E-state index is -0.214. The van der Waals surface area contributed by atoms with Crippen molar-refractivity contribution < 1.29 is 14.3 Å². The third-order valence-corrected chi connectivity index (χ3v) is 7.47. The first-order valence-corrected chi connectivity index (χ1v) is 11.5. The van der Waals surface area contributed by atoms with Crippen LogP contribution in [0.2, 0.25) is 0 Å². The van der Waals surface area contributed by atoms with E-state index >= 15 is 0 Å². The van der Waals surface area contributed by atoms with Gasteiger partial charge in [-0.05, 0) is 54.5 Å². The molecule has 1 aromatic heterocycles. The first-order valence-electron chi connectivity index (χ1n) is 10.7. The van der Waals surface area contributed by atoms with Gasteiger partial charge in [-0.25, -0.2) is 0 Å². The molecule has 5 rings (SSSR count). The summed E-state index contributed by atoms with van der Waals surface area (Å²) in [6.45, 7) is 0.659. The highest BCUT2D eigenvalue weighted by molar-refractivity contribution is 7.16. The highest BCUT2D eigenvalue weighted by Crippen LogP contribution is 2.45. The van der Waals surface area contributed by atoms with Gasteiger partial charge in [0.2, 0.25) is 0 Å². The first kappa shape index (κ1) is 19.9. The number of rotatable bonds is 5. The van der Waals surface area contributed by atoms with Gasteiger partial charge in [0.1, 0.15) is 11.2 Å². The molecular formula is C25H26N2O3S. The number of benzene rings is 2. The van der Waals surface area contributed by atoms with E-state index in [4.69, 9.17) is 9.47 Å². The van der Waals surface area contributed by atoms with E-state index in [1.807, 2.05) is 30.3 Å². The second-order valence-electron chi connectivity index (χ2n) is 7.99. The zero-order valence-electron chi connectivity index (χ0n) is 17.8. The Kier molecular flexibility index (Phi) is 5.32. The summed E-state index contributed by atoms with van der Waals surface area (Å²) in [5, 5.41) is 4.37. The Labute approximate surface area is 186 Å². The fraction of sp³-hybridized carbons (Fsp3) is 0.320. The van der Waals surface area contributed by atoms with Crippen LogP contribution in [0, 0.1) is 0 Å². The third-order valence-electron chi connectivity index (χ3n) is 6.14. The van der Waals surface area contributed by atoms with Gasteiger partial charge in [0.25, 0.3) is 5.91 Å². The predicted octanol–water partition coefficient (Wildman–Crippen LogP) is 5.09. The maximum atomic E-state index is 13.2. The quantitative estimate of drug-likeness (QED) is 0.608. The van der Waals surface area contributed by atoms with E-state index in [2.05, 4.69) is 28.4 Å². The van der Waals surface area contributed by atoms with E-state index in [1.165, 1.54) is 16.9 Å². The maximum absolute atomic E-state index is 13.2. The van der Waals surface area contributed by atoms with Gasteiger partial charge in [-0.15, -0.1) is 11.3 Å². The van der Waals surface area contributed by atoms with Gasteiger partial charge in [0, 0.05) is 11.4 Å². The van der Waals surface area contributed by atoms with Crippen LogP contribution >= 0.6 is 11.3 Å². The molecule has 0 bridgehead atoms. The van der Waals surface area contributed by atoms with E-state index < -0.39 is 0 Å². The molecule has 0 unspecified atom stereocenters. The molecule has 1 atom stereocenters. The summed E-state index contributed by atoms with van der Waals surface area (Å²) in [7, 11) is 3.30. The topological polar surface area (TPSA) is 50.8 Å². The number of hydrogen-bond donors (Lipinski definition) is 1. The van der Waals surface area contributed by atoms with Crippen molar-refractivity contribution in [1.82, 2.24) is 5.32 Å². The fourth-order valence-corrected chi connectivity index (χ4v) is 6.03. The second-order valence-corrected chi connectivity index (χ2v) is 9.08. The molecule has 1 N–H and O–H groups in total. The third kappa shape index (κ3) is 3.55. The zero-order chi connectivity index (χ0) is 21.4. The van der Waals surface area contributed by atoms with Crippen LogP contribution in [0.15, 0.2) is 48.5 Å². The summed E-state index contributed by atoms with van der Waals surface area (Å²) in [4.78, 5) is 16.9. The van der Waals surface area contributed by atoms with Gasteiger partial charge < -0.3 is 19.7 Å². The molecule has 31 heavy (non-hydrogen) atoms. The van der Waals surface area contributed by atoms with Crippen molar-refractivity contribution in [2.45, 2.75) is 38.4 Å². The van der Waals surface area contributed by atoms with E-state index in [0.717, 1.165) is 41.0 Å². The lowest BCUT2D eigenvalue weighted by Gasteiger charge is -2.38. The molecule has 5 nitrogen and oxygen atoms in total. The molecule has 0 fully saturated rings. The normalized spacial score (nSPS) is 17.5. The number of aryl methyl sites for hydroxylation is 1. The average molecular weight is 435 g/mol. The van der Waals surface area contributed by atoms with Crippen molar-refractivity contribution in [2.75, 3.05) is 19.1 Å². The van der Waals surface area contributed by atoms with Gasteiger partial charge >= 0.3 is 0 Å². The molecule has 0 spiro atoms. The predicted molar refractivity (Wildman–Crippen MR) is 123 cm³/mol. The van der Waals surface area contributed by atoms with E-state index in [-0.39, 0.29) is 12.1 Å². The minimum absolute atomic E-state index is 0.0480. The molecule has 1 aliphatic carbocycles. The molecule has 2 heterocycles. The number of methoxy groups -OCH3 is 2. The lowest BCUT2D eigenvalue weighted by molar-refractivity contribution is 0.0925. The molecule has 0 saturated carbocycles. The van der Waals surface area contributed by atoms with Crippen molar-refractivity contribution in [2.24, 2.45) is 0 Å². The monoisotopic (exact) mass is 434 g/mol. The van der Waals surface area contributed by atoms with Gasteiger partial charge in [-0.2, -0.15) is 0 Å². The molecule has 6 heteroatoms. The van der Waals surface area contributed by atoms with Crippen LogP contribution in [-0.2, 0) is 19.4 Å². The van der Waals surface area contributed by atoms with Crippen molar-refractivity contribution in [3.8, 4) is 11.5 Å². The number of fused-ring (bicyclic) bond motifs is 3. The molecule has 0 saturated heterocycles. The summed E-state index contributed by atoms with van der Waals surface area (Å²) in [5.41, 5.74) is 4.32. The first-order chi connectivity index (χ1) is 15.2. The van der Waals surface area contributed by atoms with Crippen molar-refractivity contribution in [3.63, 3.8) is 0 Å². The van der Waals surface area contributed by atoms with Crippen molar-refractivity contribution in [3.05, 3.63) is 75.7 Å². The number of nitrogens with one attached hydrogen (secondary N) is 1. The Morgan fingerprint density at radius 3 is 2.58 bits per heavy atom. The standard InChI is InChI=1S/C25H26N2O3S/c1-29-19-13-12-16(14-20(19)30-2)15-27-23(17-8-4-3-5-9-17)26-24(28)22-18-10-6-7-11-21(18)31-25(22)27/h3-5,8-9,12-14,23H,6-7,10-11,15H2,1-2H3,(H,26,28)/t23-/m0/s1. The van der Waals surface area contributed by atoms with Crippen molar-refractivity contribution >= 4 is 22.2 Å². The fourth-order valence-electron chi connectivity index (χ4n) is 4.62. The summed E-state index contributed by atoms with van der Waals surface area (Å²) in [5.74, 6) is 1.47. The number of amides is 1. The Hall–Kier alpha value is -2.99. The highest BCUT2D eigenvalue weighted by atomic mass is 32.1. The number of thiophene rings is 1. The lowest BCUT2D eigenvalue weighted by Crippen LogP contribution is -2.45. The van der Waals surface area contributed by atoms with Crippen LogP contribution in [-0.4, -0.2) is 20.1 Å². The van der Waals surface area contributed by atoms with E-state index in [0.29, 0.717) is 18.0 Å². The number of nitrogens with zero attached hydrogens (tertiary/aromatic N) is 1. The Bertz CT molecular complexity index is 1110. The largest absolute Gasteiger partial charge is 0.493 e. The average Bonchev–Trinajstić information content (AvgIpc) is 3.21. The van der Waals surface area contributed by atoms with Crippen LogP contribution in [0.3, 0.4) is 0 Å². The van der Waals surface area contributed by atoms with Crippen molar-refractivity contribution in [1.29, 1.82) is 0 Å². The number of carbonyl (C=O) groups is 1. The van der Waals surface area contributed by atoms with Gasteiger partial charge in [-0.3, -0.25) is 4.79 Å². The van der Waals surface area contributed by atoms with Crippen LogP contribution in [0.25, 0.3) is 0 Å². The van der Waals surface area contributed by atoms with E-state index in [9.17, 15) is 4.79 Å². The summed E-state index contributed by atoms with van der Waals surface area (Å²) in [6.07, 6.45) is 4.21. The van der Waals surface area contributed by atoms with Crippen LogP contribution < -0.4 is 19.7 Å².